The number of amides is 1. The van der Waals surface area contributed by atoms with Gasteiger partial charge < -0.3 is 11.1 Å². The van der Waals surface area contributed by atoms with Crippen LogP contribution in [0.2, 0.25) is 0 Å². The van der Waals surface area contributed by atoms with Gasteiger partial charge in [0, 0.05) is 30.9 Å². The van der Waals surface area contributed by atoms with Crippen LogP contribution in [0.3, 0.4) is 0 Å². The molecule has 0 fully saturated rings. The van der Waals surface area contributed by atoms with Crippen molar-refractivity contribution < 1.29 is 4.79 Å². The number of nitrogens with one attached hydrogen (secondary N) is 1. The van der Waals surface area contributed by atoms with Gasteiger partial charge >= 0.3 is 0 Å². The molecule has 0 spiro atoms. The van der Waals surface area contributed by atoms with E-state index in [2.05, 4.69) is 10.3 Å². The minimum absolute atomic E-state index is 0.0373. The molecule has 0 saturated carbocycles. The van der Waals surface area contributed by atoms with Crippen LogP contribution in [0, 0.1) is 0 Å². The SMILES string of the molecule is CC(C)(N)CNC(=O)CCc1ccncc1. The summed E-state index contributed by atoms with van der Waals surface area (Å²) in [6.07, 6.45) is 4.69. The third kappa shape index (κ3) is 5.46. The van der Waals surface area contributed by atoms with Gasteiger partial charge in [0.15, 0.2) is 0 Å². The minimum atomic E-state index is -0.355. The Balaban J connectivity index is 2.26. The zero-order valence-electron chi connectivity index (χ0n) is 9.86. The molecule has 4 nitrogen and oxygen atoms in total. The predicted molar refractivity (Wildman–Crippen MR) is 63.8 cm³/mol. The highest BCUT2D eigenvalue weighted by molar-refractivity contribution is 5.76. The average Bonchev–Trinajstić information content (AvgIpc) is 2.24. The average molecular weight is 221 g/mol. The molecule has 0 aliphatic rings. The maximum Gasteiger partial charge on any atom is 0.220 e. The van der Waals surface area contributed by atoms with Crippen LogP contribution in [0.1, 0.15) is 25.8 Å². The molecule has 0 unspecified atom stereocenters. The first-order valence-electron chi connectivity index (χ1n) is 5.42. The summed E-state index contributed by atoms with van der Waals surface area (Å²) < 4.78 is 0. The lowest BCUT2D eigenvalue weighted by molar-refractivity contribution is -0.121. The first kappa shape index (κ1) is 12.6. The molecule has 0 aromatic carbocycles. The number of carbonyl (C=O) groups excluding carboxylic acids is 1. The van der Waals surface area contributed by atoms with E-state index in [0.29, 0.717) is 13.0 Å². The van der Waals surface area contributed by atoms with Crippen LogP contribution in [0.4, 0.5) is 0 Å². The van der Waals surface area contributed by atoms with Crippen LogP contribution in [0.5, 0.6) is 0 Å². The minimum Gasteiger partial charge on any atom is -0.354 e. The number of hydrogen-bond donors (Lipinski definition) is 2. The summed E-state index contributed by atoms with van der Waals surface area (Å²) in [5.74, 6) is 0.0373. The van der Waals surface area contributed by atoms with Gasteiger partial charge in [-0.3, -0.25) is 9.78 Å². The number of pyridine rings is 1. The fraction of sp³-hybridized carbons (Fsp3) is 0.500. The summed E-state index contributed by atoms with van der Waals surface area (Å²) in [4.78, 5) is 15.4. The summed E-state index contributed by atoms with van der Waals surface area (Å²) in [5.41, 5.74) is 6.54. The van der Waals surface area contributed by atoms with Crippen LogP contribution >= 0.6 is 0 Å². The quantitative estimate of drug-likeness (QED) is 0.775. The van der Waals surface area contributed by atoms with Gasteiger partial charge in [0.2, 0.25) is 5.91 Å². The molecule has 0 aliphatic heterocycles. The van der Waals surface area contributed by atoms with E-state index < -0.39 is 0 Å². The standard InChI is InChI=1S/C12H19N3O/c1-12(2,13)9-15-11(16)4-3-10-5-7-14-8-6-10/h5-8H,3-4,9,13H2,1-2H3,(H,15,16). The third-order valence-electron chi connectivity index (χ3n) is 2.13. The first-order valence-corrected chi connectivity index (χ1v) is 5.42. The molecule has 88 valence electrons. The summed E-state index contributed by atoms with van der Waals surface area (Å²) in [6.45, 7) is 4.27. The highest BCUT2D eigenvalue weighted by Crippen LogP contribution is 2.01. The van der Waals surface area contributed by atoms with Crippen molar-refractivity contribution in [1.82, 2.24) is 10.3 Å². The molecule has 1 aromatic rings. The number of rotatable bonds is 5. The van der Waals surface area contributed by atoms with Crippen molar-refractivity contribution in [3.63, 3.8) is 0 Å². The molecule has 1 heterocycles. The van der Waals surface area contributed by atoms with Crippen molar-refractivity contribution >= 4 is 5.91 Å². The lowest BCUT2D eigenvalue weighted by atomic mass is 10.1. The van der Waals surface area contributed by atoms with E-state index in [-0.39, 0.29) is 11.4 Å². The highest BCUT2D eigenvalue weighted by atomic mass is 16.1. The third-order valence-corrected chi connectivity index (χ3v) is 2.13. The second-order valence-electron chi connectivity index (χ2n) is 4.62. The maximum absolute atomic E-state index is 11.5. The van der Waals surface area contributed by atoms with E-state index in [9.17, 15) is 4.79 Å². The largest absolute Gasteiger partial charge is 0.354 e. The Labute approximate surface area is 96.3 Å². The van der Waals surface area contributed by atoms with Gasteiger partial charge in [0.05, 0.1) is 0 Å². The normalized spacial score (nSPS) is 11.2. The van der Waals surface area contributed by atoms with Gasteiger partial charge in [-0.2, -0.15) is 0 Å². The Morgan fingerprint density at radius 3 is 2.62 bits per heavy atom. The number of nitrogens with zero attached hydrogens (tertiary/aromatic N) is 1. The molecule has 0 bridgehead atoms. The van der Waals surface area contributed by atoms with Crippen molar-refractivity contribution in [1.29, 1.82) is 0 Å². The number of hydrogen-bond acceptors (Lipinski definition) is 3. The molecular formula is C12H19N3O. The van der Waals surface area contributed by atoms with Crippen LogP contribution in [-0.2, 0) is 11.2 Å². The molecule has 0 atom stereocenters. The monoisotopic (exact) mass is 221 g/mol. The maximum atomic E-state index is 11.5. The van der Waals surface area contributed by atoms with Crippen LogP contribution < -0.4 is 11.1 Å². The summed E-state index contributed by atoms with van der Waals surface area (Å²) >= 11 is 0. The second-order valence-corrected chi connectivity index (χ2v) is 4.62. The molecule has 16 heavy (non-hydrogen) atoms. The van der Waals surface area contributed by atoms with Crippen molar-refractivity contribution in [3.05, 3.63) is 30.1 Å². The van der Waals surface area contributed by atoms with Gasteiger partial charge in [-0.15, -0.1) is 0 Å². The summed E-state index contributed by atoms with van der Waals surface area (Å²) in [6, 6.07) is 3.83. The zero-order chi connectivity index (χ0) is 12.0. The summed E-state index contributed by atoms with van der Waals surface area (Å²) in [5, 5.41) is 2.81. The molecule has 1 amide bonds. The second kappa shape index (κ2) is 5.61. The molecule has 1 aromatic heterocycles. The molecule has 3 N–H and O–H groups in total. The molecule has 1 rings (SSSR count). The lowest BCUT2D eigenvalue weighted by Gasteiger charge is -2.18. The smallest absolute Gasteiger partial charge is 0.220 e. The molecule has 0 saturated heterocycles. The number of carbonyl (C=O) groups is 1. The van der Waals surface area contributed by atoms with E-state index in [4.69, 9.17) is 5.73 Å². The molecular weight excluding hydrogens is 202 g/mol. The number of aryl methyl sites for hydroxylation is 1. The van der Waals surface area contributed by atoms with Crippen LogP contribution in [0.15, 0.2) is 24.5 Å². The molecule has 4 heteroatoms. The van der Waals surface area contributed by atoms with Gasteiger partial charge in [0.1, 0.15) is 0 Å². The van der Waals surface area contributed by atoms with Gasteiger partial charge in [-0.25, -0.2) is 0 Å². The Hall–Kier alpha value is -1.42. The number of nitrogens with two attached hydrogens (primary N) is 1. The topological polar surface area (TPSA) is 68.0 Å². The fourth-order valence-electron chi connectivity index (χ4n) is 1.22. The Kier molecular flexibility index (Phi) is 4.43. The van der Waals surface area contributed by atoms with Crippen molar-refractivity contribution in [3.8, 4) is 0 Å². The summed E-state index contributed by atoms with van der Waals surface area (Å²) in [7, 11) is 0. The van der Waals surface area contributed by atoms with Crippen molar-refractivity contribution in [2.24, 2.45) is 5.73 Å². The Morgan fingerprint density at radius 2 is 2.06 bits per heavy atom. The number of aromatic nitrogens is 1. The van der Waals surface area contributed by atoms with Crippen LogP contribution in [-0.4, -0.2) is 23.0 Å². The lowest BCUT2D eigenvalue weighted by Crippen LogP contribution is -2.45. The van der Waals surface area contributed by atoms with E-state index >= 15 is 0 Å². The fourth-order valence-corrected chi connectivity index (χ4v) is 1.22. The molecule has 0 aliphatic carbocycles. The Bertz CT molecular complexity index is 330. The molecule has 0 radical (unpaired) electrons. The predicted octanol–water partition coefficient (Wildman–Crippen LogP) is 0.868. The van der Waals surface area contributed by atoms with Gasteiger partial charge in [-0.1, -0.05) is 0 Å². The van der Waals surface area contributed by atoms with E-state index in [1.807, 2.05) is 26.0 Å². The van der Waals surface area contributed by atoms with E-state index in [1.165, 1.54) is 0 Å². The zero-order valence-corrected chi connectivity index (χ0v) is 9.86. The van der Waals surface area contributed by atoms with Crippen molar-refractivity contribution in [2.45, 2.75) is 32.2 Å². The van der Waals surface area contributed by atoms with Gasteiger partial charge in [0.25, 0.3) is 0 Å². The van der Waals surface area contributed by atoms with Gasteiger partial charge in [-0.05, 0) is 38.0 Å². The van der Waals surface area contributed by atoms with E-state index in [1.54, 1.807) is 12.4 Å². The van der Waals surface area contributed by atoms with Crippen molar-refractivity contribution in [2.75, 3.05) is 6.54 Å². The Morgan fingerprint density at radius 1 is 1.44 bits per heavy atom. The highest BCUT2D eigenvalue weighted by Gasteiger charge is 2.11. The van der Waals surface area contributed by atoms with E-state index in [0.717, 1.165) is 12.0 Å². The van der Waals surface area contributed by atoms with Crippen LogP contribution in [0.25, 0.3) is 0 Å². The first-order chi connectivity index (χ1) is 7.47.